The third kappa shape index (κ3) is 11.5. The van der Waals surface area contributed by atoms with E-state index in [2.05, 4.69) is 78.0 Å². The minimum Gasteiger partial charge on any atom is -0.506 e. The summed E-state index contributed by atoms with van der Waals surface area (Å²) in [7, 11) is -0.626. The summed E-state index contributed by atoms with van der Waals surface area (Å²) in [5.74, 6) is 6.48. The number of pyridine rings is 1. The summed E-state index contributed by atoms with van der Waals surface area (Å²) in [6, 6.07) is 28.2. The lowest BCUT2D eigenvalue weighted by molar-refractivity contribution is -0.118. The first-order valence-corrected chi connectivity index (χ1v) is 25.6. The number of nitrogens with one attached hydrogen (secondary N) is 4. The molecule has 3 amide bonds. The number of phenolic OH excluding ortho intramolecular Hbond substituents is 1. The van der Waals surface area contributed by atoms with Gasteiger partial charge in [0.1, 0.15) is 17.2 Å². The number of hydrogen-bond donors (Lipinski definition) is 6. The highest BCUT2D eigenvalue weighted by molar-refractivity contribution is 6.74. The Morgan fingerprint density at radius 2 is 1.78 bits per heavy atom. The Labute approximate surface area is 399 Å². The SMILES string of the molecule is COc1cccc(Nc2c(C(N)=O)cnc3c(C)cc(Cc4cccc(C(=O)Nc5ccc(C#CCCCNC[C@H](O[Si](C)(C)C(C)(C)C)c6ccc(O)c7c6OCC(=O)N7)cc5C)c4)cc23)c1. The Balaban J connectivity index is 0.964. The molecule has 0 saturated heterocycles. The van der Waals surface area contributed by atoms with E-state index in [4.69, 9.17) is 19.6 Å². The molecule has 0 aliphatic carbocycles. The summed E-state index contributed by atoms with van der Waals surface area (Å²) in [6.07, 6.45) is 3.15. The van der Waals surface area contributed by atoms with Gasteiger partial charge >= 0.3 is 0 Å². The van der Waals surface area contributed by atoms with Crippen molar-refractivity contribution in [1.82, 2.24) is 10.3 Å². The quantitative estimate of drug-likeness (QED) is 0.0236. The Morgan fingerprint density at radius 3 is 2.53 bits per heavy atom. The Bertz CT molecular complexity index is 2950. The van der Waals surface area contributed by atoms with E-state index in [-0.39, 0.29) is 46.6 Å². The van der Waals surface area contributed by atoms with E-state index < -0.39 is 14.2 Å². The van der Waals surface area contributed by atoms with Crippen LogP contribution in [0.25, 0.3) is 10.9 Å². The first-order chi connectivity index (χ1) is 32.4. The van der Waals surface area contributed by atoms with Crippen LogP contribution in [-0.4, -0.2) is 62.9 Å². The minimum atomic E-state index is -2.23. The fourth-order valence-electron chi connectivity index (χ4n) is 7.84. The minimum absolute atomic E-state index is 0.0359. The monoisotopic (exact) mass is 932 g/mol. The number of anilines is 4. The number of unbranched alkanes of at least 4 members (excludes halogenated alkanes) is 1. The van der Waals surface area contributed by atoms with E-state index >= 15 is 0 Å². The molecular formula is C54H60N6O7Si. The van der Waals surface area contributed by atoms with Gasteiger partial charge in [-0.15, -0.1) is 0 Å². The van der Waals surface area contributed by atoms with Crippen molar-refractivity contribution in [1.29, 1.82) is 0 Å². The highest BCUT2D eigenvalue weighted by atomic mass is 28.4. The molecule has 68 heavy (non-hydrogen) atoms. The van der Waals surface area contributed by atoms with Crippen LogP contribution in [0.15, 0.2) is 97.2 Å². The van der Waals surface area contributed by atoms with Crippen LogP contribution in [0.2, 0.25) is 18.1 Å². The number of benzene rings is 5. The van der Waals surface area contributed by atoms with Crippen LogP contribution in [0.4, 0.5) is 22.7 Å². The van der Waals surface area contributed by atoms with E-state index in [0.717, 1.165) is 56.4 Å². The summed E-state index contributed by atoms with van der Waals surface area (Å²) in [6.45, 7) is 16.0. The zero-order valence-electron chi connectivity index (χ0n) is 40.0. The molecule has 5 aromatic carbocycles. The van der Waals surface area contributed by atoms with E-state index in [1.54, 1.807) is 19.2 Å². The molecule has 7 rings (SSSR count). The summed E-state index contributed by atoms with van der Waals surface area (Å²) in [4.78, 5) is 42.9. The van der Waals surface area contributed by atoms with Gasteiger partial charge in [-0.05, 0) is 134 Å². The van der Waals surface area contributed by atoms with Gasteiger partial charge in [0.15, 0.2) is 20.7 Å². The molecule has 13 nitrogen and oxygen atoms in total. The molecule has 1 aliphatic heterocycles. The normalized spacial score (nSPS) is 12.8. The van der Waals surface area contributed by atoms with Gasteiger partial charge in [-0.1, -0.05) is 56.9 Å². The number of aromatic hydroxyl groups is 1. The number of nitrogens with zero attached hydrogens (tertiary/aromatic N) is 1. The van der Waals surface area contributed by atoms with Gasteiger partial charge in [-0.2, -0.15) is 0 Å². The van der Waals surface area contributed by atoms with E-state index in [1.165, 1.54) is 6.20 Å². The number of carbonyl (C=O) groups excluding carboxylic acids is 3. The molecule has 14 heteroatoms. The van der Waals surface area contributed by atoms with Gasteiger partial charge in [-0.25, -0.2) is 0 Å². The Morgan fingerprint density at radius 1 is 0.985 bits per heavy atom. The maximum atomic E-state index is 13.6. The van der Waals surface area contributed by atoms with Crippen molar-refractivity contribution < 1.29 is 33.4 Å². The lowest BCUT2D eigenvalue weighted by Crippen LogP contribution is -2.43. The van der Waals surface area contributed by atoms with E-state index in [9.17, 15) is 19.5 Å². The molecule has 6 aromatic rings. The van der Waals surface area contributed by atoms with Gasteiger partial charge in [0.05, 0.1) is 30.0 Å². The van der Waals surface area contributed by atoms with Crippen molar-refractivity contribution >= 4 is 59.7 Å². The number of phenols is 1. The van der Waals surface area contributed by atoms with Crippen LogP contribution in [0.5, 0.6) is 17.2 Å². The molecule has 0 radical (unpaired) electrons. The van der Waals surface area contributed by atoms with Crippen molar-refractivity contribution in [3.05, 3.63) is 142 Å². The summed E-state index contributed by atoms with van der Waals surface area (Å²) < 4.78 is 18.1. The fourth-order valence-corrected chi connectivity index (χ4v) is 9.11. The number of hydrogen-bond acceptors (Lipinski definition) is 10. The maximum Gasteiger partial charge on any atom is 0.262 e. The van der Waals surface area contributed by atoms with Gasteiger partial charge in [0, 0.05) is 58.7 Å². The number of rotatable bonds is 16. The number of nitrogens with two attached hydrogens (primary N) is 1. The molecule has 0 bridgehead atoms. The second kappa shape index (κ2) is 20.8. The van der Waals surface area contributed by atoms with Gasteiger partial charge in [-0.3, -0.25) is 19.4 Å². The predicted octanol–water partition coefficient (Wildman–Crippen LogP) is 10.1. The zero-order valence-corrected chi connectivity index (χ0v) is 41.0. The lowest BCUT2D eigenvalue weighted by Gasteiger charge is -2.40. The fraction of sp³-hybridized carbons (Fsp3) is 0.296. The third-order valence-corrected chi connectivity index (χ3v) is 17.0. The third-order valence-electron chi connectivity index (χ3n) is 12.5. The van der Waals surface area contributed by atoms with Crippen LogP contribution in [0, 0.1) is 25.7 Å². The highest BCUT2D eigenvalue weighted by Gasteiger charge is 2.40. The van der Waals surface area contributed by atoms with Crippen LogP contribution >= 0.6 is 0 Å². The smallest absolute Gasteiger partial charge is 0.262 e. The number of amides is 3. The van der Waals surface area contributed by atoms with Crippen molar-refractivity contribution in [2.75, 3.05) is 42.8 Å². The molecule has 0 unspecified atom stereocenters. The molecule has 0 saturated carbocycles. The van der Waals surface area contributed by atoms with Crippen molar-refractivity contribution in [2.45, 2.75) is 78.1 Å². The summed E-state index contributed by atoms with van der Waals surface area (Å²) >= 11 is 0. The van der Waals surface area contributed by atoms with Gasteiger partial charge < -0.3 is 46.0 Å². The number of fused-ring (bicyclic) bond motifs is 2. The van der Waals surface area contributed by atoms with Crippen LogP contribution in [0.3, 0.4) is 0 Å². The number of carbonyl (C=O) groups is 3. The first kappa shape index (κ1) is 48.7. The lowest BCUT2D eigenvalue weighted by atomic mass is 9.97. The molecule has 7 N–H and O–H groups in total. The molecule has 0 fully saturated rings. The second-order valence-electron chi connectivity index (χ2n) is 18.6. The molecule has 1 aliphatic rings. The van der Waals surface area contributed by atoms with Crippen molar-refractivity contribution in [2.24, 2.45) is 5.73 Å². The Hall–Kier alpha value is -7.18. The zero-order chi connectivity index (χ0) is 48.8. The van der Waals surface area contributed by atoms with Crippen LogP contribution in [0.1, 0.15) is 93.8 Å². The predicted molar refractivity (Wildman–Crippen MR) is 272 cm³/mol. The average molecular weight is 933 g/mol. The number of ether oxygens (including phenoxy) is 2. The second-order valence-corrected chi connectivity index (χ2v) is 23.4. The molecular weight excluding hydrogens is 873 g/mol. The molecule has 0 spiro atoms. The average Bonchev–Trinajstić information content (AvgIpc) is 3.29. The first-order valence-electron chi connectivity index (χ1n) is 22.7. The summed E-state index contributed by atoms with van der Waals surface area (Å²) in [5.41, 5.74) is 15.0. The molecule has 1 atom stereocenters. The largest absolute Gasteiger partial charge is 0.506 e. The van der Waals surface area contributed by atoms with E-state index in [0.29, 0.717) is 54.4 Å². The van der Waals surface area contributed by atoms with Crippen LogP contribution in [-0.2, 0) is 15.6 Å². The summed E-state index contributed by atoms with van der Waals surface area (Å²) in [5, 5.41) is 23.9. The van der Waals surface area contributed by atoms with Crippen molar-refractivity contribution in [3.8, 4) is 29.1 Å². The topological polar surface area (TPSA) is 186 Å². The van der Waals surface area contributed by atoms with Crippen LogP contribution < -0.4 is 36.5 Å². The standard InChI is InChI=1S/C54H60N6O7Si/c1-33-24-35(14-10-9-11-23-56-31-46(67-68(7,8)54(3,4)5)41-20-22-45(61)50-51(41)66-32-47(62)60-50)19-21-44(33)59-53(64)38-16-12-15-36(27-38)26-37-25-34(2)48-42(28-37)49(43(30-57-48)52(55)63)58-39-17-13-18-40(29-39)65-6/h12-13,15-22,24-25,27-30,46,56,61H,9,11,23,26,31-32H2,1-8H3,(H2,55,63)(H,57,58)(H,59,64)(H,60,62)/t46-/m0/s1. The number of primary amides is 1. The number of methoxy groups -OCH3 is 1. The molecule has 1 aromatic heterocycles. The Kier molecular flexibility index (Phi) is 14.9. The maximum absolute atomic E-state index is 13.6. The number of aromatic nitrogens is 1. The van der Waals surface area contributed by atoms with E-state index in [1.807, 2.05) is 86.6 Å². The van der Waals surface area contributed by atoms with Gasteiger partial charge in [0.2, 0.25) is 0 Å². The number of aryl methyl sites for hydroxylation is 2. The molecule has 2 heterocycles. The van der Waals surface area contributed by atoms with Gasteiger partial charge in [0.25, 0.3) is 17.7 Å². The van der Waals surface area contributed by atoms with Crippen molar-refractivity contribution in [3.63, 3.8) is 0 Å². The molecule has 352 valence electrons. The highest BCUT2D eigenvalue weighted by Crippen LogP contribution is 2.45.